The summed E-state index contributed by atoms with van der Waals surface area (Å²) in [4.78, 5) is 11.4. The highest BCUT2D eigenvalue weighted by Crippen LogP contribution is 2.32. The first-order chi connectivity index (χ1) is 8.46. The van der Waals surface area contributed by atoms with Gasteiger partial charge in [-0.3, -0.25) is 4.79 Å². The second-order valence-electron chi connectivity index (χ2n) is 5.50. The molecule has 2 saturated carbocycles. The predicted molar refractivity (Wildman–Crippen MR) is 67.8 cm³/mol. The van der Waals surface area contributed by atoms with E-state index in [0.29, 0.717) is 25.7 Å². The quantitative estimate of drug-likeness (QED) is 0.817. The first-order valence-electron chi connectivity index (χ1n) is 6.72. The monoisotopic (exact) mass is 275 g/mol. The molecule has 0 saturated heterocycles. The van der Waals surface area contributed by atoms with E-state index in [1.807, 2.05) is 0 Å². The second-order valence-corrected chi connectivity index (χ2v) is 7.46. The maximum absolute atomic E-state index is 12.2. The molecular formula is C12H21NO4S. The summed E-state index contributed by atoms with van der Waals surface area (Å²) in [5.74, 6) is -1.02. The molecule has 0 amide bonds. The minimum atomic E-state index is -3.49. The van der Waals surface area contributed by atoms with E-state index < -0.39 is 26.8 Å². The number of hydrogen-bond acceptors (Lipinski definition) is 3. The Morgan fingerprint density at radius 2 is 1.61 bits per heavy atom. The Morgan fingerprint density at radius 3 is 2.11 bits per heavy atom. The van der Waals surface area contributed by atoms with Crippen molar-refractivity contribution >= 4 is 16.0 Å². The summed E-state index contributed by atoms with van der Waals surface area (Å²) in [5, 5.41) is 8.98. The van der Waals surface area contributed by atoms with Crippen molar-refractivity contribution in [2.45, 2.75) is 68.6 Å². The number of hydrogen-bond donors (Lipinski definition) is 2. The average molecular weight is 275 g/mol. The Bertz CT molecular complexity index is 406. The fourth-order valence-electron chi connectivity index (χ4n) is 3.07. The number of aliphatic carboxylic acids is 1. The Balaban J connectivity index is 2.15. The molecule has 18 heavy (non-hydrogen) atoms. The molecule has 2 aliphatic rings. The SMILES string of the molecule is O=C(O)C1(NS(=O)(=O)C2CCCC2)CCCCC1. The molecule has 0 heterocycles. The second kappa shape index (κ2) is 5.17. The Kier molecular flexibility index (Phi) is 3.96. The summed E-state index contributed by atoms with van der Waals surface area (Å²) >= 11 is 0. The number of nitrogens with one attached hydrogen (secondary N) is 1. The lowest BCUT2D eigenvalue weighted by atomic mass is 9.83. The largest absolute Gasteiger partial charge is 0.480 e. The fraction of sp³-hybridized carbons (Fsp3) is 0.917. The molecule has 5 nitrogen and oxygen atoms in total. The van der Waals surface area contributed by atoms with E-state index in [4.69, 9.17) is 0 Å². The van der Waals surface area contributed by atoms with E-state index in [1.165, 1.54) is 0 Å². The van der Waals surface area contributed by atoms with Gasteiger partial charge in [-0.15, -0.1) is 0 Å². The molecule has 0 unspecified atom stereocenters. The zero-order valence-corrected chi connectivity index (χ0v) is 11.3. The smallest absolute Gasteiger partial charge is 0.324 e. The molecule has 0 aromatic carbocycles. The number of sulfonamides is 1. The van der Waals surface area contributed by atoms with Crippen LogP contribution in [0.1, 0.15) is 57.8 Å². The van der Waals surface area contributed by atoms with E-state index in [-0.39, 0.29) is 0 Å². The van der Waals surface area contributed by atoms with Gasteiger partial charge >= 0.3 is 5.97 Å². The molecule has 0 radical (unpaired) electrons. The summed E-state index contributed by atoms with van der Waals surface area (Å²) in [6, 6.07) is 0. The third kappa shape index (κ3) is 2.69. The molecule has 0 atom stereocenters. The number of carboxylic acids is 1. The first kappa shape index (κ1) is 13.8. The van der Waals surface area contributed by atoms with Gasteiger partial charge in [0.1, 0.15) is 5.54 Å². The molecule has 2 N–H and O–H groups in total. The summed E-state index contributed by atoms with van der Waals surface area (Å²) in [7, 11) is -3.49. The van der Waals surface area contributed by atoms with Gasteiger partial charge in [0, 0.05) is 0 Å². The maximum atomic E-state index is 12.2. The van der Waals surface area contributed by atoms with E-state index in [0.717, 1.165) is 32.1 Å². The third-order valence-electron chi connectivity index (χ3n) is 4.20. The fourth-order valence-corrected chi connectivity index (χ4v) is 5.03. The van der Waals surface area contributed by atoms with Crippen LogP contribution in [0.5, 0.6) is 0 Å². The van der Waals surface area contributed by atoms with Crippen LogP contribution in [-0.4, -0.2) is 30.3 Å². The van der Waals surface area contributed by atoms with E-state index in [9.17, 15) is 18.3 Å². The molecule has 6 heteroatoms. The first-order valence-corrected chi connectivity index (χ1v) is 8.27. The number of carbonyl (C=O) groups is 1. The van der Waals surface area contributed by atoms with Crippen molar-refractivity contribution in [1.82, 2.24) is 4.72 Å². The van der Waals surface area contributed by atoms with Gasteiger partial charge in [0.05, 0.1) is 5.25 Å². The van der Waals surface area contributed by atoms with Crippen molar-refractivity contribution in [3.05, 3.63) is 0 Å². The number of rotatable bonds is 4. The molecule has 104 valence electrons. The summed E-state index contributed by atoms with van der Waals surface area (Å²) in [6.45, 7) is 0. The van der Waals surface area contributed by atoms with Gasteiger partial charge in [0.25, 0.3) is 0 Å². The molecule has 0 aromatic rings. The van der Waals surface area contributed by atoms with E-state index >= 15 is 0 Å². The minimum absolute atomic E-state index is 0.393. The van der Waals surface area contributed by atoms with Crippen molar-refractivity contribution in [2.24, 2.45) is 0 Å². The van der Waals surface area contributed by atoms with Crippen molar-refractivity contribution in [3.8, 4) is 0 Å². The van der Waals surface area contributed by atoms with E-state index in [2.05, 4.69) is 4.72 Å². The van der Waals surface area contributed by atoms with Crippen molar-refractivity contribution in [3.63, 3.8) is 0 Å². The minimum Gasteiger partial charge on any atom is -0.480 e. The average Bonchev–Trinajstić information content (AvgIpc) is 2.83. The van der Waals surface area contributed by atoms with Gasteiger partial charge in [0.2, 0.25) is 10.0 Å². The lowest BCUT2D eigenvalue weighted by Crippen LogP contribution is -2.57. The van der Waals surface area contributed by atoms with Crippen molar-refractivity contribution in [2.75, 3.05) is 0 Å². The topological polar surface area (TPSA) is 83.5 Å². The van der Waals surface area contributed by atoms with Crippen molar-refractivity contribution < 1.29 is 18.3 Å². The molecule has 2 fully saturated rings. The van der Waals surface area contributed by atoms with Gasteiger partial charge in [-0.25, -0.2) is 8.42 Å². The zero-order valence-electron chi connectivity index (χ0n) is 10.5. The van der Waals surface area contributed by atoms with Crippen LogP contribution >= 0.6 is 0 Å². The van der Waals surface area contributed by atoms with Crippen LogP contribution < -0.4 is 4.72 Å². The molecule has 0 aliphatic heterocycles. The summed E-state index contributed by atoms with van der Waals surface area (Å²) in [6.07, 6.45) is 6.52. The Labute approximate surface area is 108 Å². The van der Waals surface area contributed by atoms with Gasteiger partial charge in [-0.1, -0.05) is 32.1 Å². The van der Waals surface area contributed by atoms with Crippen LogP contribution in [0.3, 0.4) is 0 Å². The van der Waals surface area contributed by atoms with E-state index in [1.54, 1.807) is 0 Å². The normalized spacial score (nSPS) is 25.1. The highest BCUT2D eigenvalue weighted by Gasteiger charge is 2.44. The summed E-state index contributed by atoms with van der Waals surface area (Å²) in [5.41, 5.74) is -1.25. The van der Waals surface area contributed by atoms with Crippen molar-refractivity contribution in [1.29, 1.82) is 0 Å². The standard InChI is InChI=1S/C12H21NO4S/c14-11(15)12(8-4-1-5-9-12)13-18(16,17)10-6-2-3-7-10/h10,13H,1-9H2,(H,14,15). The van der Waals surface area contributed by atoms with Crippen LogP contribution in [-0.2, 0) is 14.8 Å². The van der Waals surface area contributed by atoms with Gasteiger partial charge in [-0.05, 0) is 25.7 Å². The summed E-state index contributed by atoms with van der Waals surface area (Å²) < 4.78 is 27.0. The van der Waals surface area contributed by atoms with Crippen LogP contribution in [0.15, 0.2) is 0 Å². The van der Waals surface area contributed by atoms with Crippen LogP contribution in [0.25, 0.3) is 0 Å². The highest BCUT2D eigenvalue weighted by atomic mass is 32.2. The zero-order chi connectivity index (χ0) is 13.2. The Hall–Kier alpha value is -0.620. The number of carboxylic acid groups (broad SMARTS) is 1. The van der Waals surface area contributed by atoms with Crippen LogP contribution in [0.4, 0.5) is 0 Å². The molecular weight excluding hydrogens is 254 g/mol. The van der Waals surface area contributed by atoms with Crippen LogP contribution in [0.2, 0.25) is 0 Å². The van der Waals surface area contributed by atoms with Gasteiger partial charge in [0.15, 0.2) is 0 Å². The van der Waals surface area contributed by atoms with Gasteiger partial charge in [-0.2, -0.15) is 4.72 Å². The third-order valence-corrected chi connectivity index (χ3v) is 6.22. The molecule has 0 aromatic heterocycles. The maximum Gasteiger partial charge on any atom is 0.324 e. The molecule has 2 rings (SSSR count). The van der Waals surface area contributed by atoms with Gasteiger partial charge < -0.3 is 5.11 Å². The lowest BCUT2D eigenvalue weighted by Gasteiger charge is -2.34. The molecule has 0 spiro atoms. The Morgan fingerprint density at radius 1 is 1.06 bits per heavy atom. The lowest BCUT2D eigenvalue weighted by molar-refractivity contribution is -0.145. The molecule has 0 bridgehead atoms. The van der Waals surface area contributed by atoms with Crippen LogP contribution in [0, 0.1) is 0 Å². The molecule has 2 aliphatic carbocycles. The predicted octanol–water partition coefficient (Wildman–Crippen LogP) is 1.64. The highest BCUT2D eigenvalue weighted by molar-refractivity contribution is 7.90.